The first-order valence-electron chi connectivity index (χ1n) is 5.89. The van der Waals surface area contributed by atoms with Crippen LogP contribution >= 0.6 is 0 Å². The van der Waals surface area contributed by atoms with Gasteiger partial charge in [0.1, 0.15) is 12.1 Å². The quantitative estimate of drug-likeness (QED) is 0.524. The minimum absolute atomic E-state index is 0.137. The highest BCUT2D eigenvalue weighted by Crippen LogP contribution is 2.09. The minimum atomic E-state index is -1.09. The lowest BCUT2D eigenvalue weighted by atomic mass is 10.0. The van der Waals surface area contributed by atoms with E-state index in [4.69, 9.17) is 5.11 Å². The standard InChI is InChI=1S/C12H20N2O4/c1-7(2)5-9(12(17)18)14-11(16)10(8(3)4)13-6-15/h7-10H,5H2,1-4H3,(H,14,16)(H,17,18). The van der Waals surface area contributed by atoms with E-state index < -0.39 is 24.0 Å². The third-order valence-electron chi connectivity index (χ3n) is 2.41. The number of hydrogen-bond donors (Lipinski definition) is 2. The Labute approximate surface area is 106 Å². The van der Waals surface area contributed by atoms with Crippen LogP contribution in [-0.2, 0) is 14.4 Å². The summed E-state index contributed by atoms with van der Waals surface area (Å²) in [5.41, 5.74) is 0. The summed E-state index contributed by atoms with van der Waals surface area (Å²) in [5, 5.41) is 11.4. The first-order valence-corrected chi connectivity index (χ1v) is 5.89. The second-order valence-corrected chi connectivity index (χ2v) is 4.94. The van der Waals surface area contributed by atoms with Gasteiger partial charge in [-0.05, 0) is 18.3 Å². The molecular formula is C12H20N2O4. The molecule has 0 saturated heterocycles. The maximum absolute atomic E-state index is 11.8. The van der Waals surface area contributed by atoms with Crippen molar-refractivity contribution in [2.24, 2.45) is 16.8 Å². The van der Waals surface area contributed by atoms with Gasteiger partial charge in [-0.15, -0.1) is 0 Å². The van der Waals surface area contributed by atoms with E-state index in [2.05, 4.69) is 10.3 Å². The van der Waals surface area contributed by atoms with Crippen molar-refractivity contribution < 1.29 is 19.5 Å². The van der Waals surface area contributed by atoms with Gasteiger partial charge in [0, 0.05) is 0 Å². The van der Waals surface area contributed by atoms with Crippen molar-refractivity contribution in [2.75, 3.05) is 0 Å². The van der Waals surface area contributed by atoms with Gasteiger partial charge in [0.05, 0.1) is 0 Å². The monoisotopic (exact) mass is 256 g/mol. The predicted octanol–water partition coefficient (Wildman–Crippen LogP) is 0.962. The molecule has 2 unspecified atom stereocenters. The molecule has 0 aromatic carbocycles. The average molecular weight is 256 g/mol. The number of aliphatic carboxylic acids is 1. The van der Waals surface area contributed by atoms with Crippen LogP contribution in [0, 0.1) is 11.8 Å². The van der Waals surface area contributed by atoms with Crippen LogP contribution in [0.4, 0.5) is 0 Å². The number of rotatable bonds is 7. The van der Waals surface area contributed by atoms with Crippen molar-refractivity contribution in [2.45, 2.75) is 46.2 Å². The Morgan fingerprint density at radius 1 is 1.28 bits per heavy atom. The van der Waals surface area contributed by atoms with E-state index in [-0.39, 0.29) is 11.8 Å². The number of carbonyl (C=O) groups excluding carboxylic acids is 2. The van der Waals surface area contributed by atoms with Crippen molar-refractivity contribution in [3.8, 4) is 0 Å². The summed E-state index contributed by atoms with van der Waals surface area (Å²) < 4.78 is 0. The molecule has 0 aliphatic rings. The molecule has 6 heteroatoms. The first-order chi connectivity index (χ1) is 8.29. The molecule has 2 N–H and O–H groups in total. The van der Waals surface area contributed by atoms with Gasteiger partial charge in [0.25, 0.3) is 0 Å². The molecule has 18 heavy (non-hydrogen) atoms. The highest BCUT2D eigenvalue weighted by atomic mass is 16.4. The Morgan fingerprint density at radius 3 is 2.17 bits per heavy atom. The van der Waals surface area contributed by atoms with Crippen LogP contribution in [0.1, 0.15) is 34.1 Å². The SMILES string of the molecule is CC(C)CC(NC(=O)C(N=C=O)C(C)C)C(=O)O. The molecule has 0 rings (SSSR count). The van der Waals surface area contributed by atoms with Gasteiger partial charge in [0.2, 0.25) is 12.0 Å². The molecule has 0 aromatic rings. The van der Waals surface area contributed by atoms with Crippen LogP contribution in [0.3, 0.4) is 0 Å². The number of hydrogen-bond acceptors (Lipinski definition) is 4. The zero-order valence-electron chi connectivity index (χ0n) is 11.1. The molecule has 0 aromatic heterocycles. The van der Waals surface area contributed by atoms with Gasteiger partial charge < -0.3 is 10.4 Å². The molecule has 0 heterocycles. The molecule has 0 aliphatic carbocycles. The number of carbonyl (C=O) groups is 2. The summed E-state index contributed by atoms with van der Waals surface area (Å²) in [6, 6.07) is -1.85. The van der Waals surface area contributed by atoms with Gasteiger partial charge in [0.15, 0.2) is 0 Å². The van der Waals surface area contributed by atoms with Crippen LogP contribution < -0.4 is 5.32 Å². The summed E-state index contributed by atoms with van der Waals surface area (Å²) in [6.45, 7) is 7.18. The largest absolute Gasteiger partial charge is 0.480 e. The summed E-state index contributed by atoms with van der Waals surface area (Å²) >= 11 is 0. The number of nitrogens with one attached hydrogen (secondary N) is 1. The summed E-state index contributed by atoms with van der Waals surface area (Å²) in [5.74, 6) is -1.70. The van der Waals surface area contributed by atoms with Crippen LogP contribution in [0.2, 0.25) is 0 Å². The zero-order valence-corrected chi connectivity index (χ0v) is 11.1. The summed E-state index contributed by atoms with van der Waals surface area (Å²) in [7, 11) is 0. The lowest BCUT2D eigenvalue weighted by molar-refractivity contribution is -0.142. The Hall–Kier alpha value is -1.68. The number of aliphatic imine (C=N–C) groups is 1. The fourth-order valence-corrected chi connectivity index (χ4v) is 1.52. The van der Waals surface area contributed by atoms with Crippen LogP contribution in [0.15, 0.2) is 4.99 Å². The topological polar surface area (TPSA) is 95.8 Å². The highest BCUT2D eigenvalue weighted by molar-refractivity contribution is 5.87. The van der Waals surface area contributed by atoms with E-state index in [1.54, 1.807) is 13.8 Å². The molecule has 0 spiro atoms. The van der Waals surface area contributed by atoms with E-state index in [0.717, 1.165) is 0 Å². The lowest BCUT2D eigenvalue weighted by Crippen LogP contribution is -2.46. The van der Waals surface area contributed by atoms with Gasteiger partial charge >= 0.3 is 5.97 Å². The van der Waals surface area contributed by atoms with E-state index in [9.17, 15) is 14.4 Å². The Kier molecular flexibility index (Phi) is 6.90. The van der Waals surface area contributed by atoms with Crippen molar-refractivity contribution in [1.29, 1.82) is 0 Å². The summed E-state index contributed by atoms with van der Waals surface area (Å²) in [4.78, 5) is 36.5. The molecule has 1 amide bonds. The van der Waals surface area contributed by atoms with E-state index in [1.807, 2.05) is 13.8 Å². The lowest BCUT2D eigenvalue weighted by Gasteiger charge is -2.20. The zero-order chi connectivity index (χ0) is 14.3. The third-order valence-corrected chi connectivity index (χ3v) is 2.41. The van der Waals surface area contributed by atoms with Crippen molar-refractivity contribution in [3.63, 3.8) is 0 Å². The molecule has 102 valence electrons. The number of amides is 1. The second-order valence-electron chi connectivity index (χ2n) is 4.94. The molecule has 6 nitrogen and oxygen atoms in total. The summed E-state index contributed by atoms with van der Waals surface area (Å²) in [6.07, 6.45) is 1.67. The molecule has 0 aliphatic heterocycles. The van der Waals surface area contributed by atoms with Crippen LogP contribution in [-0.4, -0.2) is 35.1 Å². The Bertz CT molecular complexity index is 346. The maximum Gasteiger partial charge on any atom is 0.326 e. The van der Waals surface area contributed by atoms with Crippen molar-refractivity contribution in [1.82, 2.24) is 5.32 Å². The molecule has 2 atom stereocenters. The second kappa shape index (κ2) is 7.61. The number of nitrogens with zero attached hydrogens (tertiary/aromatic N) is 1. The van der Waals surface area contributed by atoms with E-state index in [1.165, 1.54) is 6.08 Å². The molecule has 0 saturated carbocycles. The van der Waals surface area contributed by atoms with Gasteiger partial charge in [-0.3, -0.25) is 4.79 Å². The van der Waals surface area contributed by atoms with Crippen LogP contribution in [0.25, 0.3) is 0 Å². The van der Waals surface area contributed by atoms with E-state index >= 15 is 0 Å². The molecule has 0 fully saturated rings. The average Bonchev–Trinajstić information content (AvgIpc) is 2.23. The van der Waals surface area contributed by atoms with Gasteiger partial charge in [-0.1, -0.05) is 27.7 Å². The van der Waals surface area contributed by atoms with Gasteiger partial charge in [-0.25, -0.2) is 9.59 Å². The number of isocyanates is 1. The van der Waals surface area contributed by atoms with Crippen molar-refractivity contribution >= 4 is 18.0 Å². The maximum atomic E-state index is 11.8. The number of carboxylic acids is 1. The molecule has 0 radical (unpaired) electrons. The predicted molar refractivity (Wildman–Crippen MR) is 65.8 cm³/mol. The Balaban J connectivity index is 4.76. The molecular weight excluding hydrogens is 236 g/mol. The first kappa shape index (κ1) is 16.3. The smallest absolute Gasteiger partial charge is 0.326 e. The fourth-order valence-electron chi connectivity index (χ4n) is 1.52. The fraction of sp³-hybridized carbons (Fsp3) is 0.750. The van der Waals surface area contributed by atoms with Crippen molar-refractivity contribution in [3.05, 3.63) is 0 Å². The molecule has 0 bridgehead atoms. The van der Waals surface area contributed by atoms with E-state index in [0.29, 0.717) is 6.42 Å². The van der Waals surface area contributed by atoms with Crippen LogP contribution in [0.5, 0.6) is 0 Å². The normalized spacial score (nSPS) is 13.9. The van der Waals surface area contributed by atoms with Gasteiger partial charge in [-0.2, -0.15) is 4.99 Å². The Morgan fingerprint density at radius 2 is 1.83 bits per heavy atom. The highest BCUT2D eigenvalue weighted by Gasteiger charge is 2.27. The minimum Gasteiger partial charge on any atom is -0.480 e. The number of carboxylic acid groups (broad SMARTS) is 1. The third kappa shape index (κ3) is 5.59.